The normalized spacial score (nSPS) is 9.50. The SMILES string of the molecule is Cl.NCCCCCCSCCO. The topological polar surface area (TPSA) is 46.2 Å². The molecule has 0 aromatic carbocycles. The molecular weight excluding hydrogens is 194 g/mol. The van der Waals surface area contributed by atoms with Crippen LogP contribution in [0.3, 0.4) is 0 Å². The molecule has 0 aliphatic heterocycles. The molecule has 0 amide bonds. The molecule has 0 heterocycles. The largest absolute Gasteiger partial charge is 0.396 e. The van der Waals surface area contributed by atoms with Crippen molar-refractivity contribution in [2.24, 2.45) is 5.73 Å². The number of thioether (sulfide) groups is 1. The number of hydrogen-bond acceptors (Lipinski definition) is 3. The summed E-state index contributed by atoms with van der Waals surface area (Å²) < 4.78 is 0. The molecule has 2 nitrogen and oxygen atoms in total. The van der Waals surface area contributed by atoms with Crippen molar-refractivity contribution >= 4 is 24.2 Å². The van der Waals surface area contributed by atoms with Crippen LogP contribution in [0, 0.1) is 0 Å². The summed E-state index contributed by atoms with van der Waals surface area (Å²) in [6.45, 7) is 1.14. The summed E-state index contributed by atoms with van der Waals surface area (Å²) in [6.07, 6.45) is 4.97. The van der Waals surface area contributed by atoms with Crippen molar-refractivity contribution in [2.75, 3.05) is 24.7 Å². The van der Waals surface area contributed by atoms with Gasteiger partial charge in [-0.2, -0.15) is 11.8 Å². The molecule has 12 heavy (non-hydrogen) atoms. The molecule has 0 aliphatic carbocycles. The fraction of sp³-hybridized carbons (Fsp3) is 1.00. The minimum atomic E-state index is 0. The van der Waals surface area contributed by atoms with Gasteiger partial charge in [0.05, 0.1) is 6.61 Å². The number of aliphatic hydroxyl groups is 1. The highest BCUT2D eigenvalue weighted by Crippen LogP contribution is 2.06. The van der Waals surface area contributed by atoms with Gasteiger partial charge in [0.2, 0.25) is 0 Å². The van der Waals surface area contributed by atoms with Crippen LogP contribution >= 0.6 is 24.2 Å². The van der Waals surface area contributed by atoms with Gasteiger partial charge in [0.15, 0.2) is 0 Å². The lowest BCUT2D eigenvalue weighted by molar-refractivity contribution is 0.322. The number of hydrogen-bond donors (Lipinski definition) is 2. The van der Waals surface area contributed by atoms with E-state index in [1.807, 2.05) is 11.8 Å². The molecular formula is C8H20ClNOS. The third kappa shape index (κ3) is 13.2. The monoisotopic (exact) mass is 213 g/mol. The van der Waals surface area contributed by atoms with Gasteiger partial charge in [-0.15, -0.1) is 12.4 Å². The molecule has 0 bridgehead atoms. The average molecular weight is 214 g/mol. The molecule has 0 saturated carbocycles. The zero-order valence-corrected chi connectivity index (χ0v) is 9.13. The zero-order chi connectivity index (χ0) is 8.36. The van der Waals surface area contributed by atoms with Crippen LogP contribution in [0.15, 0.2) is 0 Å². The first-order chi connectivity index (χ1) is 5.41. The van der Waals surface area contributed by atoms with Crippen LogP contribution < -0.4 is 5.73 Å². The summed E-state index contributed by atoms with van der Waals surface area (Å²) in [4.78, 5) is 0. The maximum absolute atomic E-state index is 8.47. The van der Waals surface area contributed by atoms with Gasteiger partial charge in [0, 0.05) is 5.75 Å². The van der Waals surface area contributed by atoms with Gasteiger partial charge >= 0.3 is 0 Å². The zero-order valence-electron chi connectivity index (χ0n) is 7.50. The minimum absolute atomic E-state index is 0. The van der Waals surface area contributed by atoms with Crippen molar-refractivity contribution in [2.45, 2.75) is 25.7 Å². The lowest BCUT2D eigenvalue weighted by atomic mass is 10.2. The summed E-state index contributed by atoms with van der Waals surface area (Å²) >= 11 is 1.83. The van der Waals surface area contributed by atoms with Crippen LogP contribution in [0.5, 0.6) is 0 Å². The molecule has 0 aliphatic rings. The van der Waals surface area contributed by atoms with Crippen molar-refractivity contribution in [3.63, 3.8) is 0 Å². The number of aliphatic hydroxyl groups excluding tert-OH is 1. The predicted molar refractivity (Wildman–Crippen MR) is 59.2 cm³/mol. The van der Waals surface area contributed by atoms with E-state index in [1.54, 1.807) is 0 Å². The number of unbranched alkanes of at least 4 members (excludes halogenated alkanes) is 3. The van der Waals surface area contributed by atoms with Gasteiger partial charge in [-0.1, -0.05) is 12.8 Å². The van der Waals surface area contributed by atoms with E-state index in [2.05, 4.69) is 0 Å². The first-order valence-electron chi connectivity index (χ1n) is 4.30. The van der Waals surface area contributed by atoms with Gasteiger partial charge < -0.3 is 10.8 Å². The standard InChI is InChI=1S/C8H19NOS.ClH/c9-5-3-1-2-4-7-11-8-6-10;/h10H,1-9H2;1H. The predicted octanol–water partition coefficient (Wildman–Crippen LogP) is 1.65. The molecule has 0 spiro atoms. The van der Waals surface area contributed by atoms with Crippen molar-refractivity contribution in [1.29, 1.82) is 0 Å². The summed E-state index contributed by atoms with van der Waals surface area (Å²) in [7, 11) is 0. The maximum atomic E-state index is 8.47. The first kappa shape index (κ1) is 15.1. The Hall–Kier alpha value is 0.560. The second kappa shape index (κ2) is 14.1. The van der Waals surface area contributed by atoms with Gasteiger partial charge in [0.1, 0.15) is 0 Å². The highest BCUT2D eigenvalue weighted by atomic mass is 35.5. The lowest BCUT2D eigenvalue weighted by Gasteiger charge is -1.98. The molecule has 3 N–H and O–H groups in total. The lowest BCUT2D eigenvalue weighted by Crippen LogP contribution is -1.97. The third-order valence-electron chi connectivity index (χ3n) is 1.48. The summed E-state index contributed by atoms with van der Waals surface area (Å²) in [5, 5.41) is 8.47. The molecule has 0 aromatic heterocycles. The summed E-state index contributed by atoms with van der Waals surface area (Å²) in [6, 6.07) is 0. The Bertz CT molecular complexity index is 68.1. The third-order valence-corrected chi connectivity index (χ3v) is 2.53. The van der Waals surface area contributed by atoms with Gasteiger partial charge in [-0.05, 0) is 25.1 Å². The Morgan fingerprint density at radius 3 is 2.25 bits per heavy atom. The maximum Gasteiger partial charge on any atom is 0.0521 e. The van der Waals surface area contributed by atoms with E-state index in [0.717, 1.165) is 18.7 Å². The number of rotatable bonds is 8. The van der Waals surface area contributed by atoms with E-state index >= 15 is 0 Å². The second-order valence-electron chi connectivity index (χ2n) is 2.54. The molecule has 0 saturated heterocycles. The van der Waals surface area contributed by atoms with Crippen LogP contribution in [0.25, 0.3) is 0 Å². The van der Waals surface area contributed by atoms with E-state index in [4.69, 9.17) is 10.8 Å². The fourth-order valence-corrected chi connectivity index (χ4v) is 1.61. The second-order valence-corrected chi connectivity index (χ2v) is 3.76. The van der Waals surface area contributed by atoms with Crippen LogP contribution in [0.2, 0.25) is 0 Å². The molecule has 0 rings (SSSR count). The Morgan fingerprint density at radius 1 is 1.00 bits per heavy atom. The van der Waals surface area contributed by atoms with Gasteiger partial charge in [-0.25, -0.2) is 0 Å². The molecule has 0 fully saturated rings. The van der Waals surface area contributed by atoms with Gasteiger partial charge in [-0.3, -0.25) is 0 Å². The highest BCUT2D eigenvalue weighted by Gasteiger charge is 1.89. The van der Waals surface area contributed by atoms with Crippen molar-refractivity contribution < 1.29 is 5.11 Å². The smallest absolute Gasteiger partial charge is 0.0521 e. The van der Waals surface area contributed by atoms with Gasteiger partial charge in [0.25, 0.3) is 0 Å². The fourth-order valence-electron chi connectivity index (χ4n) is 0.869. The minimum Gasteiger partial charge on any atom is -0.396 e. The van der Waals surface area contributed by atoms with Crippen LogP contribution in [0.4, 0.5) is 0 Å². The van der Waals surface area contributed by atoms with Crippen molar-refractivity contribution in [3.05, 3.63) is 0 Å². The number of halogens is 1. The summed E-state index contributed by atoms with van der Waals surface area (Å²) in [5.74, 6) is 2.07. The van der Waals surface area contributed by atoms with E-state index in [-0.39, 0.29) is 12.4 Å². The van der Waals surface area contributed by atoms with E-state index in [0.29, 0.717) is 6.61 Å². The summed E-state index contributed by atoms with van der Waals surface area (Å²) in [5.41, 5.74) is 5.35. The molecule has 0 unspecified atom stereocenters. The van der Waals surface area contributed by atoms with Crippen molar-refractivity contribution in [3.8, 4) is 0 Å². The quantitative estimate of drug-likeness (QED) is 0.603. The Labute approximate surface area is 85.7 Å². The molecule has 4 heteroatoms. The molecule has 0 radical (unpaired) electrons. The van der Waals surface area contributed by atoms with E-state index in [1.165, 1.54) is 25.0 Å². The van der Waals surface area contributed by atoms with Crippen LogP contribution in [0.1, 0.15) is 25.7 Å². The first-order valence-corrected chi connectivity index (χ1v) is 5.46. The van der Waals surface area contributed by atoms with Crippen LogP contribution in [-0.4, -0.2) is 29.8 Å². The number of nitrogens with two attached hydrogens (primary N) is 1. The van der Waals surface area contributed by atoms with Crippen LogP contribution in [-0.2, 0) is 0 Å². The van der Waals surface area contributed by atoms with Crippen molar-refractivity contribution in [1.82, 2.24) is 0 Å². The molecule has 0 aromatic rings. The molecule has 76 valence electrons. The Balaban J connectivity index is 0. The Kier molecular flexibility index (Phi) is 17.7. The molecule has 0 atom stereocenters. The highest BCUT2D eigenvalue weighted by molar-refractivity contribution is 7.99. The van der Waals surface area contributed by atoms with E-state index in [9.17, 15) is 0 Å². The Morgan fingerprint density at radius 2 is 1.67 bits per heavy atom. The average Bonchev–Trinajstić information content (AvgIpc) is 2.03. The van der Waals surface area contributed by atoms with E-state index < -0.39 is 0 Å².